The van der Waals surface area contributed by atoms with E-state index in [9.17, 15) is 24.3 Å². The normalized spacial score (nSPS) is 10.7. The predicted octanol–water partition coefficient (Wildman–Crippen LogP) is 4.76. The number of anilines is 2. The number of methoxy groups -OCH3 is 1. The zero-order valence-corrected chi connectivity index (χ0v) is 19.1. The molecule has 0 aliphatic carbocycles. The summed E-state index contributed by atoms with van der Waals surface area (Å²) in [7, 11) is 1.37. The summed E-state index contributed by atoms with van der Waals surface area (Å²) in [6.07, 6.45) is 1.31. The number of amides is 2. The highest BCUT2D eigenvalue weighted by Crippen LogP contribution is 2.37. The van der Waals surface area contributed by atoms with Crippen molar-refractivity contribution in [2.45, 2.75) is 0 Å². The number of halogens is 2. The Morgan fingerprint density at radius 2 is 1.71 bits per heavy atom. The second-order valence-corrected chi connectivity index (χ2v) is 7.46. The average molecular weight is 496 g/mol. The van der Waals surface area contributed by atoms with Crippen LogP contribution in [0.3, 0.4) is 0 Å². The summed E-state index contributed by atoms with van der Waals surface area (Å²) in [6, 6.07) is 15.8. The van der Waals surface area contributed by atoms with Crippen LogP contribution in [0.2, 0.25) is 5.02 Å². The molecule has 0 saturated carbocycles. The van der Waals surface area contributed by atoms with Crippen LogP contribution in [0, 0.1) is 17.1 Å². The summed E-state index contributed by atoms with van der Waals surface area (Å²) >= 11 is 6.31. The van der Waals surface area contributed by atoms with Crippen molar-refractivity contribution in [1.29, 1.82) is 5.26 Å². The highest BCUT2D eigenvalue weighted by Gasteiger charge is 2.16. The molecule has 3 aromatic carbocycles. The number of hydrogen-bond donors (Lipinski definition) is 3. The lowest BCUT2D eigenvalue weighted by molar-refractivity contribution is -0.118. The van der Waals surface area contributed by atoms with Crippen LogP contribution in [-0.2, 0) is 9.59 Å². The van der Waals surface area contributed by atoms with Crippen LogP contribution >= 0.6 is 11.6 Å². The number of nitrogens with one attached hydrogen (secondary N) is 2. The molecular formula is C25H19ClFN3O5. The smallest absolute Gasteiger partial charge is 0.266 e. The van der Waals surface area contributed by atoms with Gasteiger partial charge in [0.2, 0.25) is 0 Å². The summed E-state index contributed by atoms with van der Waals surface area (Å²) in [4.78, 5) is 24.6. The Kier molecular flexibility index (Phi) is 8.27. The van der Waals surface area contributed by atoms with E-state index in [1.807, 2.05) is 6.07 Å². The molecule has 178 valence electrons. The topological polar surface area (TPSA) is 121 Å². The lowest BCUT2D eigenvalue weighted by Crippen LogP contribution is -2.20. The second kappa shape index (κ2) is 11.5. The predicted molar refractivity (Wildman–Crippen MR) is 129 cm³/mol. The summed E-state index contributed by atoms with van der Waals surface area (Å²) in [6.45, 7) is -0.402. The van der Waals surface area contributed by atoms with Gasteiger partial charge in [0.1, 0.15) is 23.2 Å². The van der Waals surface area contributed by atoms with E-state index in [4.69, 9.17) is 21.1 Å². The molecule has 3 rings (SSSR count). The molecule has 0 heterocycles. The van der Waals surface area contributed by atoms with Crippen molar-refractivity contribution in [2.75, 3.05) is 24.4 Å². The SMILES string of the molecule is COc1cc(C=C(C#N)C(=O)Nc2ccc(O)cc2)cc(Cl)c1OCC(=O)Nc1ccc(F)cc1. The molecular weight excluding hydrogens is 477 g/mol. The molecule has 0 aliphatic heterocycles. The van der Waals surface area contributed by atoms with Gasteiger partial charge in [0.15, 0.2) is 18.1 Å². The summed E-state index contributed by atoms with van der Waals surface area (Å²) in [5.41, 5.74) is 0.969. The number of hydrogen-bond acceptors (Lipinski definition) is 6. The molecule has 35 heavy (non-hydrogen) atoms. The maximum atomic E-state index is 13.0. The first-order valence-corrected chi connectivity index (χ1v) is 10.4. The molecule has 2 amide bonds. The minimum Gasteiger partial charge on any atom is -0.508 e. The molecule has 0 aliphatic rings. The van der Waals surface area contributed by atoms with Gasteiger partial charge in [0.05, 0.1) is 12.1 Å². The Morgan fingerprint density at radius 3 is 2.34 bits per heavy atom. The van der Waals surface area contributed by atoms with Gasteiger partial charge < -0.3 is 25.2 Å². The molecule has 10 heteroatoms. The van der Waals surface area contributed by atoms with Crippen molar-refractivity contribution in [1.82, 2.24) is 0 Å². The Hall–Kier alpha value is -4.55. The molecule has 0 atom stereocenters. The van der Waals surface area contributed by atoms with Crippen molar-refractivity contribution in [3.63, 3.8) is 0 Å². The monoisotopic (exact) mass is 495 g/mol. The van der Waals surface area contributed by atoms with E-state index in [1.165, 1.54) is 73.8 Å². The molecule has 3 N–H and O–H groups in total. The van der Waals surface area contributed by atoms with Gasteiger partial charge in [-0.3, -0.25) is 9.59 Å². The maximum Gasteiger partial charge on any atom is 0.266 e. The van der Waals surface area contributed by atoms with Crippen LogP contribution in [0.25, 0.3) is 6.08 Å². The first-order valence-electron chi connectivity index (χ1n) is 10.1. The van der Waals surface area contributed by atoms with Crippen LogP contribution in [0.5, 0.6) is 17.2 Å². The Labute approximate surface area is 205 Å². The van der Waals surface area contributed by atoms with Gasteiger partial charge in [-0.15, -0.1) is 0 Å². The fourth-order valence-electron chi connectivity index (χ4n) is 2.89. The van der Waals surface area contributed by atoms with Crippen molar-refractivity contribution in [3.05, 3.63) is 82.6 Å². The molecule has 0 saturated heterocycles. The third-order valence-electron chi connectivity index (χ3n) is 4.53. The average Bonchev–Trinajstić information content (AvgIpc) is 2.84. The number of ether oxygens (including phenoxy) is 2. The highest BCUT2D eigenvalue weighted by molar-refractivity contribution is 6.32. The molecule has 3 aromatic rings. The Balaban J connectivity index is 1.72. The number of aromatic hydroxyl groups is 1. The van der Waals surface area contributed by atoms with E-state index < -0.39 is 24.2 Å². The van der Waals surface area contributed by atoms with E-state index in [0.29, 0.717) is 16.9 Å². The zero-order valence-electron chi connectivity index (χ0n) is 18.3. The largest absolute Gasteiger partial charge is 0.508 e. The van der Waals surface area contributed by atoms with Crippen molar-refractivity contribution < 1.29 is 28.6 Å². The van der Waals surface area contributed by atoms with Crippen LogP contribution < -0.4 is 20.1 Å². The Morgan fingerprint density at radius 1 is 1.09 bits per heavy atom. The van der Waals surface area contributed by atoms with Gasteiger partial charge in [0, 0.05) is 11.4 Å². The zero-order chi connectivity index (χ0) is 25.4. The highest BCUT2D eigenvalue weighted by atomic mass is 35.5. The van der Waals surface area contributed by atoms with E-state index in [2.05, 4.69) is 10.6 Å². The van der Waals surface area contributed by atoms with Crippen LogP contribution in [0.15, 0.2) is 66.2 Å². The quantitative estimate of drug-likeness (QED) is 0.235. The first kappa shape index (κ1) is 25.1. The minimum absolute atomic E-state index is 0.0380. The summed E-state index contributed by atoms with van der Waals surface area (Å²) in [5.74, 6) is -1.29. The van der Waals surface area contributed by atoms with Gasteiger partial charge in [-0.25, -0.2) is 4.39 Å². The number of nitrogens with zero attached hydrogens (tertiary/aromatic N) is 1. The minimum atomic E-state index is -0.661. The molecule has 0 fully saturated rings. The molecule has 8 nitrogen and oxygen atoms in total. The van der Waals surface area contributed by atoms with Crippen LogP contribution in [-0.4, -0.2) is 30.6 Å². The van der Waals surface area contributed by atoms with E-state index in [0.717, 1.165) is 0 Å². The number of carbonyl (C=O) groups is 2. The van der Waals surface area contributed by atoms with Gasteiger partial charge in [-0.1, -0.05) is 11.6 Å². The molecule has 0 spiro atoms. The van der Waals surface area contributed by atoms with Crippen molar-refractivity contribution in [2.24, 2.45) is 0 Å². The lowest BCUT2D eigenvalue weighted by Gasteiger charge is -2.13. The van der Waals surface area contributed by atoms with Gasteiger partial charge >= 0.3 is 0 Å². The van der Waals surface area contributed by atoms with Crippen LogP contribution in [0.1, 0.15) is 5.56 Å². The number of rotatable bonds is 8. The third kappa shape index (κ3) is 6.96. The first-order chi connectivity index (χ1) is 16.8. The number of phenols is 1. The van der Waals surface area contributed by atoms with E-state index >= 15 is 0 Å². The number of carbonyl (C=O) groups excluding carboxylic acids is 2. The fourth-order valence-corrected chi connectivity index (χ4v) is 3.16. The fraction of sp³-hybridized carbons (Fsp3) is 0.0800. The van der Waals surface area contributed by atoms with E-state index in [-0.39, 0.29) is 27.8 Å². The number of nitriles is 1. The molecule has 0 bridgehead atoms. The molecule has 0 radical (unpaired) electrons. The molecule has 0 aromatic heterocycles. The second-order valence-electron chi connectivity index (χ2n) is 7.05. The lowest BCUT2D eigenvalue weighted by atomic mass is 10.1. The van der Waals surface area contributed by atoms with E-state index in [1.54, 1.807) is 0 Å². The summed E-state index contributed by atoms with van der Waals surface area (Å²) < 4.78 is 23.8. The molecule has 0 unspecified atom stereocenters. The van der Waals surface area contributed by atoms with Gasteiger partial charge in [-0.2, -0.15) is 5.26 Å². The van der Waals surface area contributed by atoms with Gasteiger partial charge in [0.25, 0.3) is 11.8 Å². The summed E-state index contributed by atoms with van der Waals surface area (Å²) in [5, 5.41) is 24.0. The third-order valence-corrected chi connectivity index (χ3v) is 4.81. The van der Waals surface area contributed by atoms with Crippen LogP contribution in [0.4, 0.5) is 15.8 Å². The van der Waals surface area contributed by atoms with Crippen molar-refractivity contribution >= 4 is 40.9 Å². The van der Waals surface area contributed by atoms with Crippen molar-refractivity contribution in [3.8, 4) is 23.3 Å². The standard InChI is InChI=1S/C25H19ClFN3O5/c1-34-22-12-15(10-16(13-28)25(33)30-19-6-8-20(31)9-7-19)11-21(26)24(22)35-14-23(32)29-18-4-2-17(27)3-5-18/h2-12,31H,14H2,1H3,(H,29,32)(H,30,33). The number of phenolic OH excluding ortho intramolecular Hbond substituents is 1. The van der Waals surface area contributed by atoms with Gasteiger partial charge in [-0.05, 0) is 72.3 Å². The maximum absolute atomic E-state index is 13.0. The Bertz CT molecular complexity index is 1300. The number of benzene rings is 3.